The molecule has 0 fully saturated rings. The van der Waals surface area contributed by atoms with E-state index in [0.29, 0.717) is 25.5 Å². The molecule has 0 aliphatic rings. The fourth-order valence-corrected chi connectivity index (χ4v) is 2.75. The number of nitrogens with one attached hydrogen (secondary N) is 1. The van der Waals surface area contributed by atoms with E-state index < -0.39 is 0 Å². The second kappa shape index (κ2) is 9.12. The van der Waals surface area contributed by atoms with E-state index >= 15 is 0 Å². The van der Waals surface area contributed by atoms with Gasteiger partial charge in [0.15, 0.2) is 0 Å². The van der Waals surface area contributed by atoms with Crippen molar-refractivity contribution in [1.82, 2.24) is 10.3 Å². The molecule has 1 aromatic heterocycles. The number of aryl methyl sites for hydroxylation is 1. The quantitative estimate of drug-likeness (QED) is 0.562. The molecule has 1 rings (SSSR count). The first-order valence-electron chi connectivity index (χ1n) is 6.05. The van der Waals surface area contributed by atoms with Gasteiger partial charge in [0.05, 0.1) is 29.7 Å². The van der Waals surface area contributed by atoms with Crippen LogP contribution in [0.2, 0.25) is 0 Å². The van der Waals surface area contributed by atoms with Gasteiger partial charge in [-0.1, -0.05) is 12.2 Å². The van der Waals surface area contributed by atoms with Gasteiger partial charge in [-0.05, 0) is 13.8 Å². The molecule has 1 aromatic rings. The van der Waals surface area contributed by atoms with E-state index in [1.54, 1.807) is 23.1 Å². The first-order valence-corrected chi connectivity index (χ1v) is 8.09. The summed E-state index contributed by atoms with van der Waals surface area (Å²) < 4.78 is 5.29. The molecule has 0 spiro atoms. The predicted octanol–water partition coefficient (Wildman–Crippen LogP) is 2.39. The van der Waals surface area contributed by atoms with E-state index in [-0.39, 0.29) is 5.91 Å². The van der Waals surface area contributed by atoms with E-state index in [1.807, 2.05) is 19.2 Å². The monoisotopic (exact) mass is 300 g/mol. The van der Waals surface area contributed by atoms with Gasteiger partial charge >= 0.3 is 0 Å². The summed E-state index contributed by atoms with van der Waals surface area (Å²) in [5.41, 5.74) is 2.03. The van der Waals surface area contributed by atoms with Gasteiger partial charge in [0.25, 0.3) is 0 Å². The van der Waals surface area contributed by atoms with Gasteiger partial charge in [0, 0.05) is 17.7 Å². The van der Waals surface area contributed by atoms with Crippen LogP contribution >= 0.6 is 23.1 Å². The van der Waals surface area contributed by atoms with Crippen molar-refractivity contribution < 1.29 is 9.53 Å². The summed E-state index contributed by atoms with van der Waals surface area (Å²) >= 11 is 3.21. The van der Waals surface area contributed by atoms with Crippen LogP contribution in [0.3, 0.4) is 0 Å². The predicted molar refractivity (Wildman–Crippen MR) is 81.7 cm³/mol. The molecule has 1 heterocycles. The molecule has 1 N–H and O–H groups in total. The molecule has 106 valence electrons. The summed E-state index contributed by atoms with van der Waals surface area (Å²) in [6.07, 6.45) is 0. The Morgan fingerprint density at radius 2 is 2.42 bits per heavy atom. The standard InChI is InChI=1S/C13H20N2O2S2/c1-10(2)6-17-5-4-14-13(16)9-18-7-12-8-19-11(3)15-12/h8H,1,4-7,9H2,2-3H3,(H,14,16). The highest BCUT2D eigenvalue weighted by Gasteiger charge is 2.03. The largest absolute Gasteiger partial charge is 0.375 e. The Morgan fingerprint density at radius 3 is 3.05 bits per heavy atom. The van der Waals surface area contributed by atoms with Gasteiger partial charge in [-0.15, -0.1) is 23.1 Å². The third-order valence-corrected chi connectivity index (χ3v) is 3.86. The van der Waals surface area contributed by atoms with E-state index in [9.17, 15) is 4.79 Å². The Morgan fingerprint density at radius 1 is 1.63 bits per heavy atom. The van der Waals surface area contributed by atoms with E-state index in [2.05, 4.69) is 16.9 Å². The normalized spacial score (nSPS) is 10.4. The van der Waals surface area contributed by atoms with Crippen molar-refractivity contribution in [3.63, 3.8) is 0 Å². The van der Waals surface area contributed by atoms with Crippen LogP contribution in [0.4, 0.5) is 0 Å². The van der Waals surface area contributed by atoms with Crippen molar-refractivity contribution in [2.75, 3.05) is 25.5 Å². The van der Waals surface area contributed by atoms with Crippen molar-refractivity contribution in [3.05, 3.63) is 28.2 Å². The maximum Gasteiger partial charge on any atom is 0.230 e. The minimum absolute atomic E-state index is 0.0378. The maximum absolute atomic E-state index is 11.5. The molecular weight excluding hydrogens is 280 g/mol. The van der Waals surface area contributed by atoms with Crippen LogP contribution in [0.5, 0.6) is 0 Å². The Hall–Kier alpha value is -0.850. The van der Waals surface area contributed by atoms with Crippen LogP contribution in [0, 0.1) is 6.92 Å². The Bertz CT molecular complexity index is 419. The number of amides is 1. The van der Waals surface area contributed by atoms with E-state index in [1.165, 1.54) is 0 Å². The van der Waals surface area contributed by atoms with E-state index in [0.717, 1.165) is 22.0 Å². The van der Waals surface area contributed by atoms with Crippen molar-refractivity contribution >= 4 is 29.0 Å². The zero-order valence-electron chi connectivity index (χ0n) is 11.4. The lowest BCUT2D eigenvalue weighted by molar-refractivity contribution is -0.118. The third kappa shape index (κ3) is 8.02. The maximum atomic E-state index is 11.5. The van der Waals surface area contributed by atoms with Crippen LogP contribution in [0.1, 0.15) is 17.6 Å². The molecule has 0 radical (unpaired) electrons. The average Bonchev–Trinajstić information content (AvgIpc) is 2.74. The fourth-order valence-electron chi connectivity index (χ4n) is 1.28. The SMILES string of the molecule is C=C(C)COCCNC(=O)CSCc1csc(C)n1. The zero-order chi connectivity index (χ0) is 14.1. The lowest BCUT2D eigenvalue weighted by atomic mass is 10.4. The first-order chi connectivity index (χ1) is 9.08. The highest BCUT2D eigenvalue weighted by atomic mass is 32.2. The van der Waals surface area contributed by atoms with Crippen LogP contribution in [0.25, 0.3) is 0 Å². The number of carbonyl (C=O) groups is 1. The topological polar surface area (TPSA) is 51.2 Å². The van der Waals surface area contributed by atoms with Crippen LogP contribution < -0.4 is 5.32 Å². The number of hydrogen-bond acceptors (Lipinski definition) is 5. The minimum Gasteiger partial charge on any atom is -0.375 e. The number of nitrogens with zero attached hydrogens (tertiary/aromatic N) is 1. The second-order valence-corrected chi connectivity index (χ2v) is 6.26. The molecule has 0 aliphatic carbocycles. The number of aromatic nitrogens is 1. The van der Waals surface area contributed by atoms with Crippen LogP contribution in [-0.4, -0.2) is 36.4 Å². The lowest BCUT2D eigenvalue weighted by Gasteiger charge is -2.06. The van der Waals surface area contributed by atoms with Crippen LogP contribution in [-0.2, 0) is 15.3 Å². The van der Waals surface area contributed by atoms with Gasteiger partial charge in [-0.2, -0.15) is 0 Å². The zero-order valence-corrected chi connectivity index (χ0v) is 13.0. The Kier molecular flexibility index (Phi) is 7.78. The summed E-state index contributed by atoms with van der Waals surface area (Å²) in [7, 11) is 0. The average molecular weight is 300 g/mol. The van der Waals surface area contributed by atoms with Gasteiger partial charge in [0.2, 0.25) is 5.91 Å². The van der Waals surface area contributed by atoms with Gasteiger partial charge in [0.1, 0.15) is 0 Å². The van der Waals surface area contributed by atoms with Crippen molar-refractivity contribution in [3.8, 4) is 0 Å². The summed E-state index contributed by atoms with van der Waals surface area (Å²) in [4.78, 5) is 15.9. The lowest BCUT2D eigenvalue weighted by Crippen LogP contribution is -2.28. The van der Waals surface area contributed by atoms with Crippen molar-refractivity contribution in [2.24, 2.45) is 0 Å². The number of hydrogen-bond donors (Lipinski definition) is 1. The Labute approximate surface area is 122 Å². The number of thiazole rings is 1. The smallest absolute Gasteiger partial charge is 0.230 e. The molecule has 0 atom stereocenters. The molecule has 0 unspecified atom stereocenters. The Balaban J connectivity index is 2.00. The highest BCUT2D eigenvalue weighted by Crippen LogP contribution is 2.14. The first kappa shape index (κ1) is 16.2. The molecule has 0 saturated heterocycles. The number of ether oxygens (including phenoxy) is 1. The molecule has 0 aromatic carbocycles. The molecule has 19 heavy (non-hydrogen) atoms. The molecule has 1 amide bonds. The second-order valence-electron chi connectivity index (χ2n) is 4.21. The third-order valence-electron chi connectivity index (χ3n) is 2.07. The van der Waals surface area contributed by atoms with Crippen molar-refractivity contribution in [2.45, 2.75) is 19.6 Å². The molecule has 0 aliphatic heterocycles. The summed E-state index contributed by atoms with van der Waals surface area (Å²) in [6.45, 7) is 9.25. The summed E-state index contributed by atoms with van der Waals surface area (Å²) in [6, 6.07) is 0. The summed E-state index contributed by atoms with van der Waals surface area (Å²) in [5.74, 6) is 1.27. The fraction of sp³-hybridized carbons (Fsp3) is 0.538. The van der Waals surface area contributed by atoms with Crippen molar-refractivity contribution in [1.29, 1.82) is 0 Å². The number of carbonyl (C=O) groups excluding carboxylic acids is 1. The summed E-state index contributed by atoms with van der Waals surface area (Å²) in [5, 5.41) is 5.91. The van der Waals surface area contributed by atoms with Gasteiger partial charge in [-0.3, -0.25) is 4.79 Å². The number of thioether (sulfide) groups is 1. The number of rotatable bonds is 9. The van der Waals surface area contributed by atoms with Gasteiger partial charge < -0.3 is 10.1 Å². The van der Waals surface area contributed by atoms with E-state index in [4.69, 9.17) is 4.74 Å². The molecule has 4 nitrogen and oxygen atoms in total. The van der Waals surface area contributed by atoms with Gasteiger partial charge in [-0.25, -0.2) is 4.98 Å². The van der Waals surface area contributed by atoms with Crippen LogP contribution in [0.15, 0.2) is 17.5 Å². The molecule has 0 bridgehead atoms. The minimum atomic E-state index is 0.0378. The molecule has 0 saturated carbocycles. The molecule has 6 heteroatoms. The molecular formula is C13H20N2O2S2. The highest BCUT2D eigenvalue weighted by molar-refractivity contribution is 7.99.